The van der Waals surface area contributed by atoms with Crippen LogP contribution >= 0.6 is 11.6 Å². The summed E-state index contributed by atoms with van der Waals surface area (Å²) in [5.41, 5.74) is 2.50. The normalized spacial score (nSPS) is 12.5. The lowest BCUT2D eigenvalue weighted by molar-refractivity contribution is 0.199. The number of rotatable bonds is 4. The van der Waals surface area contributed by atoms with Gasteiger partial charge in [-0.1, -0.05) is 22.8 Å². The number of aromatic nitrogens is 1. The van der Waals surface area contributed by atoms with Crippen LogP contribution in [0.15, 0.2) is 22.7 Å². The van der Waals surface area contributed by atoms with E-state index in [4.69, 9.17) is 20.9 Å². The summed E-state index contributed by atoms with van der Waals surface area (Å²) in [4.78, 5) is 0. The molecule has 0 amide bonds. The van der Waals surface area contributed by atoms with Gasteiger partial charge in [-0.3, -0.25) is 0 Å². The van der Waals surface area contributed by atoms with Gasteiger partial charge in [-0.2, -0.15) is 0 Å². The molecule has 0 radical (unpaired) electrons. The van der Waals surface area contributed by atoms with Crippen molar-refractivity contribution in [2.45, 2.75) is 33.5 Å². The summed E-state index contributed by atoms with van der Waals surface area (Å²) < 4.78 is 10.7. The van der Waals surface area contributed by atoms with E-state index in [-0.39, 0.29) is 0 Å². The van der Waals surface area contributed by atoms with Gasteiger partial charge in [0.05, 0.1) is 22.4 Å². The van der Waals surface area contributed by atoms with E-state index in [1.165, 1.54) is 0 Å². The molecule has 2 rings (SSSR count). The average Bonchev–Trinajstić information content (AvgIpc) is 2.68. The molecule has 0 saturated carbocycles. The van der Waals surface area contributed by atoms with Gasteiger partial charge in [-0.15, -0.1) is 0 Å². The van der Waals surface area contributed by atoms with Crippen LogP contribution in [0, 0.1) is 13.8 Å². The molecule has 0 aliphatic heterocycles. The monoisotopic (exact) mass is 281 g/mol. The number of halogens is 1. The summed E-state index contributed by atoms with van der Waals surface area (Å²) in [6.07, 6.45) is -0.547. The molecule has 0 fully saturated rings. The topological polar surface area (TPSA) is 55.5 Å². The van der Waals surface area contributed by atoms with Crippen molar-refractivity contribution in [2.75, 3.05) is 0 Å². The number of benzene rings is 1. The molecule has 4 nitrogen and oxygen atoms in total. The Kier molecular flexibility index (Phi) is 4.12. The van der Waals surface area contributed by atoms with Gasteiger partial charge in [0.25, 0.3) is 0 Å². The van der Waals surface area contributed by atoms with Gasteiger partial charge in [-0.05, 0) is 38.5 Å². The number of ether oxygens (including phenoxy) is 1. The fraction of sp³-hybridized carbons (Fsp3) is 0.357. The minimum Gasteiger partial charge on any atom is -0.487 e. The zero-order valence-corrected chi connectivity index (χ0v) is 11.9. The van der Waals surface area contributed by atoms with Gasteiger partial charge in [-0.25, -0.2) is 0 Å². The standard InChI is InChI=1S/C14H16ClNO3/c1-8-12(10(3)19-16-8)7-18-14-5-4-11(9(2)17)6-13(14)15/h4-6,9,17H,7H2,1-3H3/t9-/m0/s1. The van der Waals surface area contributed by atoms with Gasteiger partial charge < -0.3 is 14.4 Å². The fourth-order valence-electron chi connectivity index (χ4n) is 1.75. The molecule has 0 saturated heterocycles. The van der Waals surface area contributed by atoms with Crippen LogP contribution < -0.4 is 4.74 Å². The third kappa shape index (κ3) is 3.08. The maximum atomic E-state index is 9.47. The molecule has 0 unspecified atom stereocenters. The second-order valence-electron chi connectivity index (χ2n) is 4.46. The molecule has 1 aromatic carbocycles. The highest BCUT2D eigenvalue weighted by atomic mass is 35.5. The summed E-state index contributed by atoms with van der Waals surface area (Å²) in [7, 11) is 0. The molecule has 19 heavy (non-hydrogen) atoms. The number of aryl methyl sites for hydroxylation is 2. The Labute approximate surface area is 116 Å². The number of aliphatic hydroxyl groups excluding tert-OH is 1. The van der Waals surface area contributed by atoms with E-state index in [2.05, 4.69) is 5.16 Å². The highest BCUT2D eigenvalue weighted by molar-refractivity contribution is 6.32. The first-order valence-corrected chi connectivity index (χ1v) is 6.39. The van der Waals surface area contributed by atoms with E-state index in [1.54, 1.807) is 25.1 Å². The van der Waals surface area contributed by atoms with E-state index in [9.17, 15) is 5.11 Å². The summed E-state index contributed by atoms with van der Waals surface area (Å²) in [6, 6.07) is 5.25. The molecule has 1 aromatic heterocycles. The van der Waals surface area contributed by atoms with Gasteiger partial charge in [0.2, 0.25) is 0 Å². The van der Waals surface area contributed by atoms with Crippen LogP contribution in [0.4, 0.5) is 0 Å². The van der Waals surface area contributed by atoms with Crippen molar-refractivity contribution in [3.63, 3.8) is 0 Å². The quantitative estimate of drug-likeness (QED) is 0.931. The summed E-state index contributed by atoms with van der Waals surface area (Å²) in [5, 5.41) is 13.8. The Morgan fingerprint density at radius 3 is 2.68 bits per heavy atom. The molecule has 1 heterocycles. The van der Waals surface area contributed by atoms with Crippen molar-refractivity contribution in [3.05, 3.63) is 45.8 Å². The number of aliphatic hydroxyl groups is 1. The molecule has 1 N–H and O–H groups in total. The van der Waals surface area contributed by atoms with Crippen molar-refractivity contribution in [3.8, 4) is 5.75 Å². The lowest BCUT2D eigenvalue weighted by Crippen LogP contribution is -1.99. The van der Waals surface area contributed by atoms with Crippen LogP contribution in [-0.2, 0) is 6.61 Å². The maximum Gasteiger partial charge on any atom is 0.140 e. The lowest BCUT2D eigenvalue weighted by atomic mass is 10.1. The maximum absolute atomic E-state index is 9.47. The molecule has 0 aliphatic rings. The second-order valence-corrected chi connectivity index (χ2v) is 4.86. The first kappa shape index (κ1) is 13.9. The Morgan fingerprint density at radius 1 is 1.42 bits per heavy atom. The van der Waals surface area contributed by atoms with Crippen LogP contribution in [0.1, 0.15) is 35.6 Å². The predicted molar refractivity (Wildman–Crippen MR) is 72.4 cm³/mol. The molecule has 0 spiro atoms. The van der Waals surface area contributed by atoms with Crippen molar-refractivity contribution in [1.82, 2.24) is 5.16 Å². The summed E-state index contributed by atoms with van der Waals surface area (Å²) in [6.45, 7) is 5.76. The number of nitrogens with zero attached hydrogens (tertiary/aromatic N) is 1. The molecule has 102 valence electrons. The summed E-state index contributed by atoms with van der Waals surface area (Å²) in [5.74, 6) is 1.32. The molecule has 2 aromatic rings. The van der Waals surface area contributed by atoms with Gasteiger partial charge in [0.1, 0.15) is 18.1 Å². The average molecular weight is 282 g/mol. The number of hydrogen-bond acceptors (Lipinski definition) is 4. The molecule has 0 aliphatic carbocycles. The van der Waals surface area contributed by atoms with Crippen LogP contribution in [0.2, 0.25) is 5.02 Å². The van der Waals surface area contributed by atoms with Gasteiger partial charge in [0.15, 0.2) is 0 Å². The zero-order valence-electron chi connectivity index (χ0n) is 11.1. The van der Waals surface area contributed by atoms with E-state index in [0.717, 1.165) is 22.6 Å². The van der Waals surface area contributed by atoms with Crippen LogP contribution in [0.5, 0.6) is 5.75 Å². The van der Waals surface area contributed by atoms with Crippen LogP contribution in [0.25, 0.3) is 0 Å². The van der Waals surface area contributed by atoms with Crippen LogP contribution in [0.3, 0.4) is 0 Å². The first-order valence-electron chi connectivity index (χ1n) is 6.01. The Hall–Kier alpha value is -1.52. The van der Waals surface area contributed by atoms with E-state index in [0.29, 0.717) is 17.4 Å². The van der Waals surface area contributed by atoms with E-state index >= 15 is 0 Å². The predicted octanol–water partition coefficient (Wildman–Crippen LogP) is 3.58. The molecular formula is C14H16ClNO3. The SMILES string of the molecule is Cc1noc(C)c1COc1ccc([C@H](C)O)cc1Cl. The Bertz CT molecular complexity index is 559. The highest BCUT2D eigenvalue weighted by Gasteiger charge is 2.11. The smallest absolute Gasteiger partial charge is 0.140 e. The third-order valence-corrected chi connectivity index (χ3v) is 3.29. The van der Waals surface area contributed by atoms with E-state index < -0.39 is 6.10 Å². The zero-order chi connectivity index (χ0) is 14.0. The van der Waals surface area contributed by atoms with Gasteiger partial charge >= 0.3 is 0 Å². The first-order chi connectivity index (χ1) is 8.99. The van der Waals surface area contributed by atoms with Crippen molar-refractivity contribution < 1.29 is 14.4 Å². The molecular weight excluding hydrogens is 266 g/mol. The van der Waals surface area contributed by atoms with Crippen molar-refractivity contribution in [2.24, 2.45) is 0 Å². The summed E-state index contributed by atoms with van der Waals surface area (Å²) >= 11 is 6.12. The van der Waals surface area contributed by atoms with E-state index in [1.807, 2.05) is 13.8 Å². The van der Waals surface area contributed by atoms with Gasteiger partial charge in [0, 0.05) is 0 Å². The number of hydrogen-bond donors (Lipinski definition) is 1. The molecule has 5 heteroatoms. The Morgan fingerprint density at radius 2 is 2.16 bits per heavy atom. The van der Waals surface area contributed by atoms with Crippen molar-refractivity contribution in [1.29, 1.82) is 0 Å². The third-order valence-electron chi connectivity index (χ3n) is 2.99. The fourth-order valence-corrected chi connectivity index (χ4v) is 2.00. The second kappa shape index (κ2) is 5.63. The minimum absolute atomic E-state index is 0.356. The largest absolute Gasteiger partial charge is 0.487 e. The minimum atomic E-state index is -0.547. The highest BCUT2D eigenvalue weighted by Crippen LogP contribution is 2.29. The molecule has 0 bridgehead atoms. The molecule has 1 atom stereocenters. The van der Waals surface area contributed by atoms with Crippen LogP contribution in [-0.4, -0.2) is 10.3 Å². The van der Waals surface area contributed by atoms with Crippen molar-refractivity contribution >= 4 is 11.6 Å². The Balaban J connectivity index is 2.12. The lowest BCUT2D eigenvalue weighted by Gasteiger charge is -2.10.